The van der Waals surface area contributed by atoms with E-state index < -0.39 is 38.5 Å². The lowest BCUT2D eigenvalue weighted by atomic mass is 10.1. The summed E-state index contributed by atoms with van der Waals surface area (Å²) in [5.41, 5.74) is 0.494. The Balaban J connectivity index is 1.95. The van der Waals surface area contributed by atoms with E-state index >= 15 is 0 Å². The summed E-state index contributed by atoms with van der Waals surface area (Å²) in [7, 11) is -2.44. The standard InChI is InChI=1S/C21H20F2N4O3S/c1-3-10-25-31(29,30)18-13-15(6-9-17(18)23)21(28)26-19(20-24-11-12-27(20)2)14-4-7-16(22)8-5-14/h3-9,11-13,19,25H,1,10H2,2H3,(H,26,28). The highest BCUT2D eigenvalue weighted by atomic mass is 32.2. The molecule has 3 rings (SSSR count). The van der Waals surface area contributed by atoms with Gasteiger partial charge in [0.25, 0.3) is 5.91 Å². The number of imidazole rings is 1. The van der Waals surface area contributed by atoms with Crippen molar-refractivity contribution in [3.8, 4) is 0 Å². The van der Waals surface area contributed by atoms with E-state index in [4.69, 9.17) is 0 Å². The average molecular weight is 446 g/mol. The second-order valence-electron chi connectivity index (χ2n) is 6.64. The Bertz CT molecular complexity index is 1210. The van der Waals surface area contributed by atoms with Crippen LogP contribution in [0.25, 0.3) is 0 Å². The maximum Gasteiger partial charge on any atom is 0.252 e. The molecule has 7 nitrogen and oxygen atoms in total. The molecule has 0 saturated carbocycles. The van der Waals surface area contributed by atoms with Crippen molar-refractivity contribution in [3.63, 3.8) is 0 Å². The molecule has 0 saturated heterocycles. The topological polar surface area (TPSA) is 93.1 Å². The van der Waals surface area contributed by atoms with Crippen LogP contribution in [0.3, 0.4) is 0 Å². The normalized spacial score (nSPS) is 12.4. The Morgan fingerprint density at radius 1 is 1.23 bits per heavy atom. The molecule has 0 aliphatic heterocycles. The van der Waals surface area contributed by atoms with E-state index in [1.54, 1.807) is 24.0 Å². The first-order valence-corrected chi connectivity index (χ1v) is 10.6. The Morgan fingerprint density at radius 3 is 2.55 bits per heavy atom. The lowest BCUT2D eigenvalue weighted by Crippen LogP contribution is -2.31. The lowest BCUT2D eigenvalue weighted by Gasteiger charge is -2.19. The average Bonchev–Trinajstić information content (AvgIpc) is 3.17. The molecule has 10 heteroatoms. The van der Waals surface area contributed by atoms with E-state index in [1.807, 2.05) is 0 Å². The van der Waals surface area contributed by atoms with Crippen LogP contribution in [0, 0.1) is 11.6 Å². The molecule has 31 heavy (non-hydrogen) atoms. The Labute approximate surface area is 178 Å². The highest BCUT2D eigenvalue weighted by Crippen LogP contribution is 2.23. The molecule has 1 atom stereocenters. The Hall–Kier alpha value is -3.37. The largest absolute Gasteiger partial charge is 0.338 e. The van der Waals surface area contributed by atoms with E-state index in [0.717, 1.165) is 12.1 Å². The van der Waals surface area contributed by atoms with Crippen LogP contribution >= 0.6 is 0 Å². The first kappa shape index (κ1) is 22.3. The van der Waals surface area contributed by atoms with Crippen molar-refractivity contribution >= 4 is 15.9 Å². The molecule has 0 aliphatic rings. The zero-order valence-electron chi connectivity index (χ0n) is 16.5. The molecule has 0 spiro atoms. The van der Waals surface area contributed by atoms with Gasteiger partial charge in [0.2, 0.25) is 10.0 Å². The second-order valence-corrected chi connectivity index (χ2v) is 8.38. The van der Waals surface area contributed by atoms with Crippen LogP contribution in [0.15, 0.2) is 72.4 Å². The number of hydrogen-bond acceptors (Lipinski definition) is 4. The highest BCUT2D eigenvalue weighted by molar-refractivity contribution is 7.89. The van der Waals surface area contributed by atoms with Gasteiger partial charge in [0.05, 0.1) is 0 Å². The third-order valence-electron chi connectivity index (χ3n) is 4.50. The fourth-order valence-electron chi connectivity index (χ4n) is 2.92. The minimum absolute atomic E-state index is 0.0679. The molecule has 1 heterocycles. The molecule has 2 N–H and O–H groups in total. The third-order valence-corrected chi connectivity index (χ3v) is 5.93. The van der Waals surface area contributed by atoms with Gasteiger partial charge < -0.3 is 9.88 Å². The van der Waals surface area contributed by atoms with E-state index in [2.05, 4.69) is 21.6 Å². The number of nitrogens with zero attached hydrogens (tertiary/aromatic N) is 2. The van der Waals surface area contributed by atoms with Crippen LogP contribution in [0.2, 0.25) is 0 Å². The molecule has 1 amide bonds. The van der Waals surface area contributed by atoms with Gasteiger partial charge in [-0.15, -0.1) is 6.58 Å². The molecule has 1 aromatic heterocycles. The van der Waals surface area contributed by atoms with Gasteiger partial charge >= 0.3 is 0 Å². The number of nitrogens with one attached hydrogen (secondary N) is 2. The molecular formula is C21H20F2N4O3S. The molecule has 0 bridgehead atoms. The molecule has 0 fully saturated rings. The summed E-state index contributed by atoms with van der Waals surface area (Å²) in [6, 6.07) is 7.82. The number of aryl methyl sites for hydroxylation is 1. The maximum absolute atomic E-state index is 14.2. The zero-order chi connectivity index (χ0) is 22.6. The fourth-order valence-corrected chi connectivity index (χ4v) is 4.02. The summed E-state index contributed by atoms with van der Waals surface area (Å²) in [5, 5.41) is 2.76. The van der Waals surface area contributed by atoms with E-state index in [-0.39, 0.29) is 12.1 Å². The maximum atomic E-state index is 14.2. The summed E-state index contributed by atoms with van der Waals surface area (Å²) in [5.74, 6) is -1.61. The van der Waals surface area contributed by atoms with Crippen molar-refractivity contribution in [1.29, 1.82) is 0 Å². The van der Waals surface area contributed by atoms with Crippen LogP contribution in [-0.2, 0) is 17.1 Å². The number of carbonyl (C=O) groups excluding carboxylic acids is 1. The van der Waals surface area contributed by atoms with Crippen molar-refractivity contribution in [2.24, 2.45) is 7.05 Å². The summed E-state index contributed by atoms with van der Waals surface area (Å²) in [4.78, 5) is 16.5. The van der Waals surface area contributed by atoms with Crippen LogP contribution in [-0.4, -0.2) is 30.4 Å². The number of sulfonamides is 1. The molecular weight excluding hydrogens is 426 g/mol. The monoisotopic (exact) mass is 446 g/mol. The van der Waals surface area contributed by atoms with E-state index in [0.29, 0.717) is 11.4 Å². The molecule has 0 aliphatic carbocycles. The van der Waals surface area contributed by atoms with Crippen molar-refractivity contribution in [2.45, 2.75) is 10.9 Å². The van der Waals surface area contributed by atoms with Crippen molar-refractivity contribution in [3.05, 3.63) is 96.1 Å². The second kappa shape index (κ2) is 9.19. The van der Waals surface area contributed by atoms with E-state index in [1.165, 1.54) is 36.4 Å². The SMILES string of the molecule is C=CCNS(=O)(=O)c1cc(C(=O)NC(c2ccc(F)cc2)c2nccn2C)ccc1F. The fraction of sp³-hybridized carbons (Fsp3) is 0.143. The summed E-state index contributed by atoms with van der Waals surface area (Å²) in [6.07, 6.45) is 4.55. The highest BCUT2D eigenvalue weighted by Gasteiger charge is 2.24. The van der Waals surface area contributed by atoms with Crippen LogP contribution in [0.4, 0.5) is 8.78 Å². The van der Waals surface area contributed by atoms with E-state index in [9.17, 15) is 22.0 Å². The minimum atomic E-state index is -4.18. The van der Waals surface area contributed by atoms with Crippen LogP contribution in [0.5, 0.6) is 0 Å². The van der Waals surface area contributed by atoms with Gasteiger partial charge in [0.1, 0.15) is 28.4 Å². The number of benzene rings is 2. The molecule has 3 aromatic rings. The summed E-state index contributed by atoms with van der Waals surface area (Å²) < 4.78 is 56.0. The molecule has 0 radical (unpaired) electrons. The Kier molecular flexibility index (Phi) is 6.62. The first-order valence-electron chi connectivity index (χ1n) is 9.16. The quantitative estimate of drug-likeness (QED) is 0.521. The van der Waals surface area contributed by atoms with Gasteiger partial charge in [-0.25, -0.2) is 26.9 Å². The summed E-state index contributed by atoms with van der Waals surface area (Å²) >= 11 is 0. The number of rotatable bonds is 8. The van der Waals surface area contributed by atoms with Crippen molar-refractivity contribution in [2.75, 3.05) is 6.54 Å². The zero-order valence-corrected chi connectivity index (χ0v) is 17.4. The third kappa shape index (κ3) is 5.04. The van der Waals surface area contributed by atoms with Gasteiger partial charge in [-0.1, -0.05) is 18.2 Å². The van der Waals surface area contributed by atoms with Gasteiger partial charge in [0, 0.05) is 31.5 Å². The molecule has 1 unspecified atom stereocenters. The van der Waals surface area contributed by atoms with Gasteiger partial charge in [-0.05, 0) is 35.9 Å². The summed E-state index contributed by atoms with van der Waals surface area (Å²) in [6.45, 7) is 3.31. The first-order chi connectivity index (χ1) is 14.7. The number of amides is 1. The predicted molar refractivity (Wildman–Crippen MR) is 111 cm³/mol. The van der Waals surface area contributed by atoms with Gasteiger partial charge in [-0.2, -0.15) is 0 Å². The smallest absolute Gasteiger partial charge is 0.252 e. The van der Waals surface area contributed by atoms with Gasteiger partial charge in [-0.3, -0.25) is 4.79 Å². The molecule has 162 valence electrons. The van der Waals surface area contributed by atoms with Crippen LogP contribution in [0.1, 0.15) is 27.8 Å². The lowest BCUT2D eigenvalue weighted by molar-refractivity contribution is 0.0941. The number of carbonyl (C=O) groups is 1. The number of hydrogen-bond donors (Lipinski definition) is 2. The van der Waals surface area contributed by atoms with Crippen molar-refractivity contribution in [1.82, 2.24) is 19.6 Å². The minimum Gasteiger partial charge on any atom is -0.338 e. The predicted octanol–water partition coefficient (Wildman–Crippen LogP) is 2.68. The van der Waals surface area contributed by atoms with Crippen molar-refractivity contribution < 1.29 is 22.0 Å². The Morgan fingerprint density at radius 2 is 1.94 bits per heavy atom. The van der Waals surface area contributed by atoms with Crippen LogP contribution < -0.4 is 10.0 Å². The van der Waals surface area contributed by atoms with Gasteiger partial charge in [0.15, 0.2) is 0 Å². The number of aromatic nitrogens is 2. The molecule has 2 aromatic carbocycles. The number of halogens is 2.